The highest BCUT2D eigenvalue weighted by atomic mass is 32.1. The molecule has 0 bridgehead atoms. The molecular formula is C13H24N2S. The Morgan fingerprint density at radius 2 is 2.12 bits per heavy atom. The van der Waals surface area contributed by atoms with Crippen LogP contribution in [0.5, 0.6) is 0 Å². The predicted molar refractivity (Wildman–Crippen MR) is 71.2 cm³/mol. The zero-order valence-electron chi connectivity index (χ0n) is 10.4. The fourth-order valence-electron chi connectivity index (χ4n) is 3.44. The molecule has 3 fully saturated rings. The molecule has 0 aromatic carbocycles. The van der Waals surface area contributed by atoms with Gasteiger partial charge in [-0.15, -0.1) is 0 Å². The van der Waals surface area contributed by atoms with Crippen molar-refractivity contribution < 1.29 is 0 Å². The lowest BCUT2D eigenvalue weighted by Crippen LogP contribution is -2.56. The van der Waals surface area contributed by atoms with E-state index in [0.29, 0.717) is 5.41 Å². The average molecular weight is 240 g/mol. The Morgan fingerprint density at radius 1 is 1.31 bits per heavy atom. The van der Waals surface area contributed by atoms with Gasteiger partial charge in [-0.05, 0) is 50.3 Å². The van der Waals surface area contributed by atoms with E-state index < -0.39 is 0 Å². The number of hydrogen-bond donors (Lipinski definition) is 1. The summed E-state index contributed by atoms with van der Waals surface area (Å²) in [6.45, 7) is 7.68. The van der Waals surface area contributed by atoms with Crippen molar-refractivity contribution in [3.63, 3.8) is 0 Å². The second-order valence-corrected chi connectivity index (χ2v) is 6.54. The Hall–Kier alpha value is 0.270. The van der Waals surface area contributed by atoms with E-state index in [9.17, 15) is 0 Å². The third-order valence-electron chi connectivity index (χ3n) is 4.90. The molecule has 0 spiro atoms. The van der Waals surface area contributed by atoms with Crippen LogP contribution >= 0.6 is 12.6 Å². The summed E-state index contributed by atoms with van der Waals surface area (Å²) in [6.07, 6.45) is 5.67. The van der Waals surface area contributed by atoms with Crippen molar-refractivity contribution in [1.29, 1.82) is 0 Å². The first kappa shape index (κ1) is 11.4. The summed E-state index contributed by atoms with van der Waals surface area (Å²) in [6, 6.07) is 1.62. The molecule has 2 aliphatic heterocycles. The normalized spacial score (nSPS) is 38.6. The summed E-state index contributed by atoms with van der Waals surface area (Å²) in [4.78, 5) is 5.46. The number of nitrogens with zero attached hydrogens (tertiary/aromatic N) is 2. The van der Waals surface area contributed by atoms with Gasteiger partial charge in [0, 0.05) is 31.7 Å². The maximum absolute atomic E-state index is 4.53. The highest BCUT2D eigenvalue weighted by molar-refractivity contribution is 7.80. The molecule has 2 unspecified atom stereocenters. The van der Waals surface area contributed by atoms with Crippen molar-refractivity contribution in [1.82, 2.24) is 9.80 Å². The van der Waals surface area contributed by atoms with Crippen LogP contribution in [-0.4, -0.2) is 53.8 Å². The van der Waals surface area contributed by atoms with E-state index in [1.54, 1.807) is 0 Å². The SMILES string of the molecule is CC1CN2CCCC2CN1CC1(CS)CC1. The van der Waals surface area contributed by atoms with Crippen LogP contribution in [0, 0.1) is 5.41 Å². The van der Waals surface area contributed by atoms with Crippen molar-refractivity contribution in [3.8, 4) is 0 Å². The first-order chi connectivity index (χ1) is 7.72. The lowest BCUT2D eigenvalue weighted by Gasteiger charge is -2.43. The van der Waals surface area contributed by atoms with Crippen LogP contribution in [0.1, 0.15) is 32.6 Å². The van der Waals surface area contributed by atoms with Gasteiger partial charge in [0.1, 0.15) is 0 Å². The Balaban J connectivity index is 1.62. The van der Waals surface area contributed by atoms with Gasteiger partial charge in [-0.3, -0.25) is 9.80 Å². The molecule has 0 radical (unpaired) electrons. The molecule has 2 nitrogen and oxygen atoms in total. The Morgan fingerprint density at radius 3 is 2.81 bits per heavy atom. The van der Waals surface area contributed by atoms with Crippen LogP contribution in [0.25, 0.3) is 0 Å². The molecule has 0 aromatic heterocycles. The third kappa shape index (κ3) is 2.02. The summed E-state index contributed by atoms with van der Waals surface area (Å²) in [5, 5.41) is 0. The number of hydrogen-bond acceptors (Lipinski definition) is 3. The zero-order valence-corrected chi connectivity index (χ0v) is 11.3. The minimum atomic E-state index is 0.595. The third-order valence-corrected chi connectivity index (χ3v) is 5.57. The fraction of sp³-hybridized carbons (Fsp3) is 1.00. The number of fused-ring (bicyclic) bond motifs is 1. The maximum Gasteiger partial charge on any atom is 0.0224 e. The molecule has 0 aromatic rings. The van der Waals surface area contributed by atoms with E-state index in [-0.39, 0.29) is 0 Å². The first-order valence-electron chi connectivity index (χ1n) is 6.81. The molecule has 3 rings (SSSR count). The molecule has 2 saturated heterocycles. The summed E-state index contributed by atoms with van der Waals surface area (Å²) in [7, 11) is 0. The van der Waals surface area contributed by atoms with Gasteiger partial charge in [0.25, 0.3) is 0 Å². The smallest absolute Gasteiger partial charge is 0.0224 e. The standard InChI is InChI=1S/C13H24N2S/c1-11-7-14-6-2-3-12(14)8-15(11)9-13(10-16)4-5-13/h11-12,16H,2-10H2,1H3. The quantitative estimate of drug-likeness (QED) is 0.752. The van der Waals surface area contributed by atoms with Gasteiger partial charge in [0.2, 0.25) is 0 Å². The van der Waals surface area contributed by atoms with Crippen molar-refractivity contribution in [3.05, 3.63) is 0 Å². The predicted octanol–water partition coefficient (Wildman–Crippen LogP) is 1.86. The van der Waals surface area contributed by atoms with E-state index in [4.69, 9.17) is 0 Å². The Kier molecular flexibility index (Phi) is 2.97. The van der Waals surface area contributed by atoms with Crippen LogP contribution in [0.2, 0.25) is 0 Å². The molecule has 0 N–H and O–H groups in total. The van der Waals surface area contributed by atoms with Gasteiger partial charge in [-0.25, -0.2) is 0 Å². The van der Waals surface area contributed by atoms with Crippen LogP contribution in [0.3, 0.4) is 0 Å². The fourth-order valence-corrected chi connectivity index (χ4v) is 3.86. The van der Waals surface area contributed by atoms with Crippen molar-refractivity contribution >= 4 is 12.6 Å². The highest BCUT2D eigenvalue weighted by Crippen LogP contribution is 2.47. The van der Waals surface area contributed by atoms with E-state index in [1.165, 1.54) is 51.9 Å². The van der Waals surface area contributed by atoms with Gasteiger partial charge >= 0.3 is 0 Å². The molecule has 1 saturated carbocycles. The number of thiol groups is 1. The largest absolute Gasteiger partial charge is 0.298 e. The second-order valence-electron chi connectivity index (χ2n) is 6.23. The second kappa shape index (κ2) is 4.18. The molecule has 3 aliphatic rings. The lowest BCUT2D eigenvalue weighted by molar-refractivity contribution is 0.0474. The van der Waals surface area contributed by atoms with Gasteiger partial charge in [-0.1, -0.05) is 0 Å². The first-order valence-corrected chi connectivity index (χ1v) is 7.45. The topological polar surface area (TPSA) is 6.48 Å². The highest BCUT2D eigenvalue weighted by Gasteiger charge is 2.45. The average Bonchev–Trinajstić information content (AvgIpc) is 2.91. The monoisotopic (exact) mass is 240 g/mol. The van der Waals surface area contributed by atoms with Crippen LogP contribution in [-0.2, 0) is 0 Å². The molecule has 3 heteroatoms. The zero-order chi connectivity index (χ0) is 11.2. The van der Waals surface area contributed by atoms with Crippen LogP contribution < -0.4 is 0 Å². The van der Waals surface area contributed by atoms with Crippen molar-refractivity contribution in [2.24, 2.45) is 5.41 Å². The van der Waals surface area contributed by atoms with Crippen molar-refractivity contribution in [2.45, 2.75) is 44.7 Å². The molecule has 92 valence electrons. The maximum atomic E-state index is 4.53. The molecule has 0 amide bonds. The molecule has 2 atom stereocenters. The Labute approximate surface area is 105 Å². The van der Waals surface area contributed by atoms with Gasteiger partial charge < -0.3 is 0 Å². The van der Waals surface area contributed by atoms with E-state index in [1.807, 2.05) is 0 Å². The number of rotatable bonds is 3. The van der Waals surface area contributed by atoms with E-state index in [2.05, 4.69) is 29.4 Å². The molecule has 1 aliphatic carbocycles. The Bertz CT molecular complexity index is 265. The molecular weight excluding hydrogens is 216 g/mol. The summed E-state index contributed by atoms with van der Waals surface area (Å²) >= 11 is 4.53. The minimum absolute atomic E-state index is 0.595. The summed E-state index contributed by atoms with van der Waals surface area (Å²) in [5.41, 5.74) is 0.595. The van der Waals surface area contributed by atoms with E-state index in [0.717, 1.165) is 17.8 Å². The molecule has 2 heterocycles. The van der Waals surface area contributed by atoms with Gasteiger partial charge in [0.05, 0.1) is 0 Å². The number of piperazine rings is 1. The van der Waals surface area contributed by atoms with Crippen LogP contribution in [0.15, 0.2) is 0 Å². The van der Waals surface area contributed by atoms with Crippen molar-refractivity contribution in [2.75, 3.05) is 31.9 Å². The lowest BCUT2D eigenvalue weighted by atomic mass is 10.0. The van der Waals surface area contributed by atoms with Gasteiger partial charge in [-0.2, -0.15) is 12.6 Å². The van der Waals surface area contributed by atoms with E-state index >= 15 is 0 Å². The summed E-state index contributed by atoms with van der Waals surface area (Å²) in [5.74, 6) is 1.09. The minimum Gasteiger partial charge on any atom is -0.298 e. The van der Waals surface area contributed by atoms with Crippen LogP contribution in [0.4, 0.5) is 0 Å². The molecule has 16 heavy (non-hydrogen) atoms. The van der Waals surface area contributed by atoms with Gasteiger partial charge in [0.15, 0.2) is 0 Å². The summed E-state index contributed by atoms with van der Waals surface area (Å²) < 4.78 is 0.